The van der Waals surface area contributed by atoms with Crippen molar-refractivity contribution in [3.05, 3.63) is 18.1 Å². The van der Waals surface area contributed by atoms with Gasteiger partial charge in [-0.2, -0.15) is 0 Å². The van der Waals surface area contributed by atoms with Crippen molar-refractivity contribution in [3.63, 3.8) is 0 Å². The van der Waals surface area contributed by atoms with Gasteiger partial charge >= 0.3 is 0 Å². The van der Waals surface area contributed by atoms with E-state index in [0.29, 0.717) is 19.2 Å². The molecule has 1 N–H and O–H groups in total. The molecule has 2 aliphatic rings. The third-order valence-corrected chi connectivity index (χ3v) is 4.79. The third kappa shape index (κ3) is 4.64. The Bertz CT molecular complexity index is 560. The number of hydrogen-bond acceptors (Lipinski definition) is 6. The summed E-state index contributed by atoms with van der Waals surface area (Å²) < 4.78 is 5.83. The van der Waals surface area contributed by atoms with Crippen molar-refractivity contribution >= 4 is 11.7 Å². The van der Waals surface area contributed by atoms with Crippen LogP contribution in [0.3, 0.4) is 0 Å². The molecule has 7 nitrogen and oxygen atoms in total. The highest BCUT2D eigenvalue weighted by Gasteiger charge is 2.26. The molecule has 1 amide bonds. The average Bonchev–Trinajstić information content (AvgIpc) is 2.57. The van der Waals surface area contributed by atoms with Crippen molar-refractivity contribution < 1.29 is 9.53 Å². The van der Waals surface area contributed by atoms with E-state index in [0.717, 1.165) is 50.5 Å². The number of carbonyl (C=O) groups is 1. The normalized spacial score (nSPS) is 23.2. The number of nitrogens with zero attached hydrogens (tertiary/aromatic N) is 4. The van der Waals surface area contributed by atoms with Crippen LogP contribution >= 0.6 is 0 Å². The number of aryl methyl sites for hydroxylation is 1. The van der Waals surface area contributed by atoms with Crippen molar-refractivity contribution in [2.45, 2.75) is 38.8 Å². The molecule has 7 heteroatoms. The smallest absolute Gasteiger partial charge is 0.219 e. The molecule has 1 unspecified atom stereocenters. The Kier molecular flexibility index (Phi) is 5.63. The minimum Gasteiger partial charge on any atom is -0.373 e. The van der Waals surface area contributed by atoms with Gasteiger partial charge in [0.1, 0.15) is 12.1 Å². The molecule has 3 rings (SSSR count). The van der Waals surface area contributed by atoms with Crippen molar-refractivity contribution in [2.24, 2.45) is 0 Å². The highest BCUT2D eigenvalue weighted by molar-refractivity contribution is 5.73. The summed E-state index contributed by atoms with van der Waals surface area (Å²) in [5, 5.41) is 3.51. The molecule has 1 aromatic rings. The van der Waals surface area contributed by atoms with Crippen molar-refractivity contribution in [1.29, 1.82) is 0 Å². The van der Waals surface area contributed by atoms with E-state index < -0.39 is 0 Å². The first-order valence-electron chi connectivity index (χ1n) is 8.75. The minimum atomic E-state index is 0.136. The monoisotopic (exact) mass is 333 g/mol. The van der Waals surface area contributed by atoms with Gasteiger partial charge in [0, 0.05) is 57.4 Å². The van der Waals surface area contributed by atoms with E-state index in [2.05, 4.69) is 20.2 Å². The molecule has 2 saturated heterocycles. The molecule has 3 heterocycles. The predicted molar refractivity (Wildman–Crippen MR) is 91.8 cm³/mol. The Morgan fingerprint density at radius 3 is 2.83 bits per heavy atom. The number of nitrogens with one attached hydrogen (secondary N) is 1. The first-order chi connectivity index (χ1) is 11.6. The molecule has 132 valence electrons. The first kappa shape index (κ1) is 17.1. The summed E-state index contributed by atoms with van der Waals surface area (Å²) in [5.41, 5.74) is 0.981. The molecular formula is C17H27N5O2. The standard InChI is InChI=1S/C17H27N5O2/c1-13-9-17(19-12-18-13)20-15-3-5-21(6-4-15)10-16-11-22(14(2)23)7-8-24-16/h9,12,15-16H,3-8,10-11H2,1-2H3,(H,18,19,20). The molecule has 0 aromatic carbocycles. The van der Waals surface area contributed by atoms with Crippen LogP contribution in [0.2, 0.25) is 0 Å². The number of piperidine rings is 1. The van der Waals surface area contributed by atoms with Crippen molar-refractivity contribution in [2.75, 3.05) is 44.6 Å². The average molecular weight is 333 g/mol. The van der Waals surface area contributed by atoms with Gasteiger partial charge in [-0.15, -0.1) is 0 Å². The molecule has 2 fully saturated rings. The zero-order chi connectivity index (χ0) is 16.9. The van der Waals surface area contributed by atoms with Crippen LogP contribution in [0.15, 0.2) is 12.4 Å². The second kappa shape index (κ2) is 7.90. The number of likely N-dealkylation sites (tertiary alicyclic amines) is 1. The Morgan fingerprint density at radius 1 is 1.33 bits per heavy atom. The lowest BCUT2D eigenvalue weighted by Crippen LogP contribution is -2.50. The van der Waals surface area contributed by atoms with Gasteiger partial charge in [-0.1, -0.05) is 0 Å². The van der Waals surface area contributed by atoms with E-state index in [9.17, 15) is 4.79 Å². The molecule has 0 spiro atoms. The Balaban J connectivity index is 1.43. The summed E-state index contributed by atoms with van der Waals surface area (Å²) in [4.78, 5) is 24.3. The summed E-state index contributed by atoms with van der Waals surface area (Å²) in [5.74, 6) is 1.06. The molecule has 0 saturated carbocycles. The van der Waals surface area contributed by atoms with Crippen LogP contribution < -0.4 is 5.32 Å². The second-order valence-corrected chi connectivity index (χ2v) is 6.72. The topological polar surface area (TPSA) is 70.6 Å². The molecule has 1 aromatic heterocycles. The van der Waals surface area contributed by atoms with Crippen LogP contribution in [0.4, 0.5) is 5.82 Å². The fraction of sp³-hybridized carbons (Fsp3) is 0.706. The molecule has 0 radical (unpaired) electrons. The maximum absolute atomic E-state index is 11.5. The molecule has 1 atom stereocenters. The van der Waals surface area contributed by atoms with E-state index in [-0.39, 0.29) is 12.0 Å². The van der Waals surface area contributed by atoms with Crippen LogP contribution in [-0.2, 0) is 9.53 Å². The molecular weight excluding hydrogens is 306 g/mol. The summed E-state index contributed by atoms with van der Waals surface area (Å²) in [6, 6.07) is 2.44. The summed E-state index contributed by atoms with van der Waals surface area (Å²) in [6.45, 7) is 8.68. The first-order valence-corrected chi connectivity index (χ1v) is 8.75. The number of ether oxygens (including phenoxy) is 1. The highest BCUT2D eigenvalue weighted by Crippen LogP contribution is 2.17. The fourth-order valence-electron chi connectivity index (χ4n) is 3.41. The third-order valence-electron chi connectivity index (χ3n) is 4.79. The van der Waals surface area contributed by atoms with Gasteiger partial charge in [0.05, 0.1) is 12.7 Å². The van der Waals surface area contributed by atoms with Gasteiger partial charge in [0.2, 0.25) is 5.91 Å². The lowest BCUT2D eigenvalue weighted by atomic mass is 10.0. The fourth-order valence-corrected chi connectivity index (χ4v) is 3.41. The maximum Gasteiger partial charge on any atom is 0.219 e. The lowest BCUT2D eigenvalue weighted by Gasteiger charge is -2.38. The van der Waals surface area contributed by atoms with Crippen molar-refractivity contribution in [1.82, 2.24) is 19.8 Å². The van der Waals surface area contributed by atoms with E-state index >= 15 is 0 Å². The number of rotatable bonds is 4. The molecule has 0 aliphatic carbocycles. The summed E-state index contributed by atoms with van der Waals surface area (Å²) in [7, 11) is 0. The lowest BCUT2D eigenvalue weighted by molar-refractivity contribution is -0.137. The van der Waals surface area contributed by atoms with Gasteiger partial charge < -0.3 is 19.9 Å². The van der Waals surface area contributed by atoms with E-state index in [1.54, 1.807) is 13.3 Å². The van der Waals surface area contributed by atoms with Crippen molar-refractivity contribution in [3.8, 4) is 0 Å². The number of aromatic nitrogens is 2. The number of carbonyl (C=O) groups excluding carboxylic acids is 1. The van der Waals surface area contributed by atoms with Crippen LogP contribution in [0.25, 0.3) is 0 Å². The van der Waals surface area contributed by atoms with Gasteiger partial charge in [-0.05, 0) is 19.8 Å². The maximum atomic E-state index is 11.5. The Hall–Kier alpha value is -1.73. The van der Waals surface area contributed by atoms with Gasteiger partial charge in [-0.25, -0.2) is 9.97 Å². The molecule has 24 heavy (non-hydrogen) atoms. The van der Waals surface area contributed by atoms with E-state index in [1.165, 1.54) is 0 Å². The summed E-state index contributed by atoms with van der Waals surface area (Å²) >= 11 is 0. The number of morpholine rings is 1. The Morgan fingerprint density at radius 2 is 2.12 bits per heavy atom. The zero-order valence-electron chi connectivity index (χ0n) is 14.6. The van der Waals surface area contributed by atoms with E-state index in [1.807, 2.05) is 17.9 Å². The van der Waals surface area contributed by atoms with E-state index in [4.69, 9.17) is 4.74 Å². The number of hydrogen-bond donors (Lipinski definition) is 1. The number of amides is 1. The predicted octanol–water partition coefficient (Wildman–Crippen LogP) is 0.909. The Labute approximate surface area is 143 Å². The minimum absolute atomic E-state index is 0.136. The highest BCUT2D eigenvalue weighted by atomic mass is 16.5. The van der Waals surface area contributed by atoms with Crippen LogP contribution in [-0.4, -0.2) is 77.2 Å². The summed E-state index contributed by atoms with van der Waals surface area (Å²) in [6.07, 6.45) is 3.92. The zero-order valence-corrected chi connectivity index (χ0v) is 14.6. The van der Waals surface area contributed by atoms with Gasteiger partial charge in [-0.3, -0.25) is 4.79 Å². The molecule has 2 aliphatic heterocycles. The van der Waals surface area contributed by atoms with Crippen LogP contribution in [0.1, 0.15) is 25.5 Å². The van der Waals surface area contributed by atoms with Gasteiger partial charge in [0.15, 0.2) is 0 Å². The largest absolute Gasteiger partial charge is 0.373 e. The quantitative estimate of drug-likeness (QED) is 0.883. The van der Waals surface area contributed by atoms with Crippen LogP contribution in [0, 0.1) is 6.92 Å². The van der Waals surface area contributed by atoms with Gasteiger partial charge in [0.25, 0.3) is 0 Å². The number of anilines is 1. The van der Waals surface area contributed by atoms with Crippen LogP contribution in [0.5, 0.6) is 0 Å². The SMILES string of the molecule is CC(=O)N1CCOC(CN2CCC(Nc3cc(C)ncn3)CC2)C1. The second-order valence-electron chi connectivity index (χ2n) is 6.72. The molecule has 0 bridgehead atoms.